The van der Waals surface area contributed by atoms with Gasteiger partial charge in [-0.25, -0.2) is 9.59 Å². The van der Waals surface area contributed by atoms with Gasteiger partial charge >= 0.3 is 12.1 Å². The van der Waals surface area contributed by atoms with Crippen molar-refractivity contribution in [3.8, 4) is 0 Å². The van der Waals surface area contributed by atoms with Crippen molar-refractivity contribution >= 4 is 18.0 Å². The van der Waals surface area contributed by atoms with E-state index in [0.717, 1.165) is 11.0 Å². The maximum atomic E-state index is 12.4. The Hall–Kier alpha value is -1.91. The van der Waals surface area contributed by atoms with Crippen molar-refractivity contribution in [2.24, 2.45) is 0 Å². The molecule has 0 aromatic heterocycles. The predicted molar refractivity (Wildman–Crippen MR) is 114 cm³/mol. The number of esters is 1. The van der Waals surface area contributed by atoms with Crippen molar-refractivity contribution in [3.63, 3.8) is 0 Å². The number of methoxy groups -OCH3 is 1. The van der Waals surface area contributed by atoms with Crippen LogP contribution in [0.4, 0.5) is 4.79 Å². The van der Waals surface area contributed by atoms with Gasteiger partial charge in [-0.15, -0.1) is 0 Å². The Bertz CT molecular complexity index is 599. The van der Waals surface area contributed by atoms with E-state index >= 15 is 0 Å². The Labute approximate surface area is 185 Å². The first-order valence-corrected chi connectivity index (χ1v) is 10.6. The minimum absolute atomic E-state index is 0.182. The molecule has 0 bridgehead atoms. The Morgan fingerprint density at radius 1 is 1.03 bits per heavy atom. The number of amides is 2. The molecule has 0 aliphatic carbocycles. The van der Waals surface area contributed by atoms with Crippen LogP contribution in [0.15, 0.2) is 0 Å². The zero-order valence-corrected chi connectivity index (χ0v) is 20.1. The van der Waals surface area contributed by atoms with E-state index in [1.54, 1.807) is 20.8 Å². The lowest BCUT2D eigenvalue weighted by molar-refractivity contribution is -0.870. The third-order valence-corrected chi connectivity index (χ3v) is 4.52. The normalized spacial score (nSPS) is 19.3. The van der Waals surface area contributed by atoms with Gasteiger partial charge in [0, 0.05) is 25.4 Å². The second-order valence-electron chi connectivity index (χ2n) is 9.66. The molecular weight excluding hydrogens is 406 g/mol. The number of likely N-dealkylation sites (N-methyl/N-ethyl adjacent to an activating group) is 1. The predicted octanol–water partition coefficient (Wildman–Crippen LogP) is 0.783. The van der Waals surface area contributed by atoms with Crippen LogP contribution in [0.25, 0.3) is 0 Å². The number of nitrogens with zero attached hydrogens (tertiary/aromatic N) is 2. The van der Waals surface area contributed by atoms with E-state index in [1.807, 2.05) is 0 Å². The summed E-state index contributed by atoms with van der Waals surface area (Å²) < 4.78 is 22.0. The first kappa shape index (κ1) is 27.1. The lowest BCUT2D eigenvalue weighted by Crippen LogP contribution is -2.44. The molecule has 0 aromatic carbocycles. The molecule has 10 heteroatoms. The largest absolute Gasteiger partial charge is 0.467 e. The molecule has 1 aliphatic heterocycles. The van der Waals surface area contributed by atoms with Crippen molar-refractivity contribution in [1.29, 1.82) is 0 Å². The molecule has 1 saturated heterocycles. The highest BCUT2D eigenvalue weighted by molar-refractivity contribution is 5.83. The maximum absolute atomic E-state index is 12.4. The molecule has 0 radical (unpaired) electrons. The van der Waals surface area contributed by atoms with Crippen LogP contribution in [0, 0.1) is 0 Å². The number of likely N-dealkylation sites (tertiary alicyclic amines) is 1. The summed E-state index contributed by atoms with van der Waals surface area (Å²) in [5.41, 5.74) is -0.688. The highest BCUT2D eigenvalue weighted by atomic mass is 16.6. The molecule has 0 aromatic rings. The molecule has 180 valence electrons. The summed E-state index contributed by atoms with van der Waals surface area (Å²) in [5, 5.41) is 2.85. The van der Waals surface area contributed by atoms with Crippen molar-refractivity contribution in [2.75, 3.05) is 67.8 Å². The van der Waals surface area contributed by atoms with Gasteiger partial charge in [-0.05, 0) is 20.8 Å². The van der Waals surface area contributed by atoms with Crippen molar-refractivity contribution < 1.29 is 37.8 Å². The molecule has 1 fully saturated rings. The topological polar surface area (TPSA) is 103 Å². The fourth-order valence-corrected chi connectivity index (χ4v) is 2.95. The molecule has 31 heavy (non-hydrogen) atoms. The van der Waals surface area contributed by atoms with Gasteiger partial charge in [0.15, 0.2) is 0 Å². The third kappa shape index (κ3) is 11.3. The molecule has 0 spiro atoms. The summed E-state index contributed by atoms with van der Waals surface area (Å²) in [5.74, 6) is -0.734. The molecule has 2 amide bonds. The van der Waals surface area contributed by atoms with Crippen LogP contribution in [-0.2, 0) is 28.5 Å². The van der Waals surface area contributed by atoms with Crippen LogP contribution in [-0.4, -0.2) is 113 Å². The number of nitrogens with one attached hydrogen (secondary N) is 1. The molecule has 1 N–H and O–H groups in total. The highest BCUT2D eigenvalue weighted by Gasteiger charge is 2.42. The van der Waals surface area contributed by atoms with E-state index in [4.69, 9.17) is 18.9 Å². The van der Waals surface area contributed by atoms with Crippen LogP contribution >= 0.6 is 0 Å². The van der Waals surface area contributed by atoms with E-state index in [0.29, 0.717) is 19.8 Å². The quantitative estimate of drug-likeness (QED) is 0.284. The average Bonchev–Trinajstić information content (AvgIpc) is 3.04. The monoisotopic (exact) mass is 446 g/mol. The molecule has 1 rings (SSSR count). The number of carbonyl (C=O) groups excluding carboxylic acids is 3. The number of carbonyl (C=O) groups is 3. The highest BCUT2D eigenvalue weighted by Crippen LogP contribution is 2.22. The lowest BCUT2D eigenvalue weighted by atomic mass is 10.1. The zero-order chi connectivity index (χ0) is 23.7. The van der Waals surface area contributed by atoms with Gasteiger partial charge in [0.1, 0.15) is 18.2 Å². The van der Waals surface area contributed by atoms with E-state index in [9.17, 15) is 14.4 Å². The minimum Gasteiger partial charge on any atom is -0.467 e. The summed E-state index contributed by atoms with van der Waals surface area (Å²) in [6.07, 6.45) is -0.142. The zero-order valence-electron chi connectivity index (χ0n) is 20.1. The first-order chi connectivity index (χ1) is 14.3. The van der Waals surface area contributed by atoms with Crippen LogP contribution in [0.3, 0.4) is 0 Å². The van der Waals surface area contributed by atoms with E-state index in [2.05, 4.69) is 26.5 Å². The smallest absolute Gasteiger partial charge is 0.411 e. The van der Waals surface area contributed by atoms with Gasteiger partial charge in [0.25, 0.3) is 0 Å². The van der Waals surface area contributed by atoms with Gasteiger partial charge in [-0.2, -0.15) is 0 Å². The summed E-state index contributed by atoms with van der Waals surface area (Å²) in [6.45, 7) is 8.18. The Morgan fingerprint density at radius 2 is 1.65 bits per heavy atom. The molecule has 0 unspecified atom stereocenters. The summed E-state index contributed by atoms with van der Waals surface area (Å²) >= 11 is 0. The summed E-state index contributed by atoms with van der Waals surface area (Å²) in [4.78, 5) is 38.1. The minimum atomic E-state index is -0.787. The number of hydrogen-bond acceptors (Lipinski definition) is 7. The van der Waals surface area contributed by atoms with Gasteiger partial charge in [0.2, 0.25) is 5.91 Å². The van der Waals surface area contributed by atoms with Gasteiger partial charge < -0.3 is 28.7 Å². The molecular formula is C21H40N3O7+. The van der Waals surface area contributed by atoms with Gasteiger partial charge in [-0.3, -0.25) is 9.69 Å². The van der Waals surface area contributed by atoms with Crippen LogP contribution in [0.2, 0.25) is 0 Å². The average molecular weight is 447 g/mol. The summed E-state index contributed by atoms with van der Waals surface area (Å²) in [7, 11) is 7.57. The van der Waals surface area contributed by atoms with Gasteiger partial charge in [0.05, 0.1) is 54.7 Å². The van der Waals surface area contributed by atoms with Crippen LogP contribution < -0.4 is 5.32 Å². The SMILES string of the molecule is COC(=O)[C@H]1C[C@H](NC(=O)CCOCCOCC[N+](C)(C)C)CN1C(=O)OC(C)(C)C. The molecule has 10 nitrogen and oxygen atoms in total. The Balaban J connectivity index is 2.35. The summed E-state index contributed by atoms with van der Waals surface area (Å²) in [6, 6.07) is -1.15. The van der Waals surface area contributed by atoms with Crippen LogP contribution in [0.5, 0.6) is 0 Å². The first-order valence-electron chi connectivity index (χ1n) is 10.6. The number of hydrogen-bond donors (Lipinski definition) is 1. The van der Waals surface area contributed by atoms with Gasteiger partial charge in [-0.1, -0.05) is 0 Å². The molecule has 1 heterocycles. The second-order valence-corrected chi connectivity index (χ2v) is 9.66. The molecule has 2 atom stereocenters. The fraction of sp³-hybridized carbons (Fsp3) is 0.857. The maximum Gasteiger partial charge on any atom is 0.411 e. The van der Waals surface area contributed by atoms with Crippen LogP contribution in [0.1, 0.15) is 33.6 Å². The Kier molecular flexibility index (Phi) is 10.7. The molecule has 1 aliphatic rings. The lowest BCUT2D eigenvalue weighted by Gasteiger charge is -2.27. The van der Waals surface area contributed by atoms with E-state index in [-0.39, 0.29) is 37.9 Å². The second kappa shape index (κ2) is 12.2. The van der Waals surface area contributed by atoms with Crippen molar-refractivity contribution in [2.45, 2.75) is 51.3 Å². The number of rotatable bonds is 11. The standard InChI is InChI=1S/C21H39N3O7/c1-21(2,3)31-20(27)23-15-16(14-17(23)19(26)28-7)22-18(25)8-10-29-12-13-30-11-9-24(4,5)6/h16-17H,8-15H2,1-7H3/p+1/t16-,17+/m0/s1. The number of quaternary nitrogens is 1. The third-order valence-electron chi connectivity index (χ3n) is 4.52. The van der Waals surface area contributed by atoms with Crippen molar-refractivity contribution in [3.05, 3.63) is 0 Å². The van der Waals surface area contributed by atoms with E-state index in [1.165, 1.54) is 12.0 Å². The fourth-order valence-electron chi connectivity index (χ4n) is 2.95. The van der Waals surface area contributed by atoms with Crippen molar-refractivity contribution in [1.82, 2.24) is 10.2 Å². The number of ether oxygens (including phenoxy) is 4. The van der Waals surface area contributed by atoms with E-state index < -0.39 is 23.7 Å². The Morgan fingerprint density at radius 3 is 2.19 bits per heavy atom. The molecule has 0 saturated carbocycles.